The van der Waals surface area contributed by atoms with E-state index >= 15 is 0 Å². The molecule has 0 atom stereocenters. The van der Waals surface area contributed by atoms with E-state index in [4.69, 9.17) is 4.74 Å². The van der Waals surface area contributed by atoms with Crippen LogP contribution in [0.25, 0.3) is 21.9 Å². The van der Waals surface area contributed by atoms with Gasteiger partial charge in [0.05, 0.1) is 0 Å². The quantitative estimate of drug-likeness (QED) is 0.474. The van der Waals surface area contributed by atoms with Crippen molar-refractivity contribution in [3.63, 3.8) is 0 Å². The minimum absolute atomic E-state index is 0.0395. The van der Waals surface area contributed by atoms with E-state index < -0.39 is 6.09 Å². The molecule has 0 heterocycles. The molecule has 0 bridgehead atoms. The Labute approximate surface area is 174 Å². The number of ether oxygens (including phenoxy) is 1. The average molecular weight is 395 g/mol. The Morgan fingerprint density at radius 3 is 2.10 bits per heavy atom. The van der Waals surface area contributed by atoms with Crippen LogP contribution in [0.5, 0.6) is 5.75 Å². The Balaban J connectivity index is 1.28. The van der Waals surface area contributed by atoms with Gasteiger partial charge in [0, 0.05) is 17.8 Å². The number of alkyl carbamates (subject to hydrolysis) is 1. The molecule has 5 rings (SSSR count). The summed E-state index contributed by atoms with van der Waals surface area (Å²) < 4.78 is 5.60. The van der Waals surface area contributed by atoms with Crippen LogP contribution >= 0.6 is 0 Å². The lowest BCUT2D eigenvalue weighted by Crippen LogP contribution is -2.25. The van der Waals surface area contributed by atoms with Crippen LogP contribution in [0.4, 0.5) is 4.79 Å². The molecule has 4 nitrogen and oxygen atoms in total. The fraction of sp³-hybridized carbons (Fsp3) is 0.115. The third kappa shape index (κ3) is 3.16. The van der Waals surface area contributed by atoms with Crippen molar-refractivity contribution in [3.8, 4) is 16.9 Å². The summed E-state index contributed by atoms with van der Waals surface area (Å²) in [7, 11) is 0. The zero-order chi connectivity index (χ0) is 20.5. The number of phenolic OH excluding ortho intramolecular Hbond substituents is 1. The van der Waals surface area contributed by atoms with Gasteiger partial charge < -0.3 is 15.2 Å². The Morgan fingerprint density at radius 2 is 1.40 bits per heavy atom. The van der Waals surface area contributed by atoms with Crippen molar-refractivity contribution in [2.75, 3.05) is 6.61 Å². The predicted molar refractivity (Wildman–Crippen MR) is 118 cm³/mol. The fourth-order valence-corrected chi connectivity index (χ4v) is 4.32. The Hall–Kier alpha value is -3.79. The molecule has 148 valence electrons. The van der Waals surface area contributed by atoms with Crippen molar-refractivity contribution in [1.82, 2.24) is 5.32 Å². The number of carbonyl (C=O) groups excluding carboxylic acids is 1. The van der Waals surface area contributed by atoms with Gasteiger partial charge in [0.1, 0.15) is 12.4 Å². The first-order chi connectivity index (χ1) is 14.7. The lowest BCUT2D eigenvalue weighted by atomic mass is 9.98. The van der Waals surface area contributed by atoms with Crippen molar-refractivity contribution >= 4 is 16.9 Å². The maximum Gasteiger partial charge on any atom is 0.407 e. The number of hydrogen-bond acceptors (Lipinski definition) is 3. The Bertz CT molecular complexity index is 1200. The summed E-state index contributed by atoms with van der Waals surface area (Å²) in [5.41, 5.74) is 5.72. The molecule has 4 aromatic carbocycles. The number of phenols is 1. The second kappa shape index (κ2) is 7.56. The summed E-state index contributed by atoms with van der Waals surface area (Å²) >= 11 is 0. The van der Waals surface area contributed by atoms with E-state index in [9.17, 15) is 9.90 Å². The van der Waals surface area contributed by atoms with Gasteiger partial charge >= 0.3 is 6.09 Å². The molecule has 4 heteroatoms. The molecule has 0 aliphatic heterocycles. The highest BCUT2D eigenvalue weighted by molar-refractivity contribution is 5.91. The van der Waals surface area contributed by atoms with Crippen LogP contribution in [-0.4, -0.2) is 17.8 Å². The number of benzene rings is 4. The molecule has 1 aliphatic carbocycles. The van der Waals surface area contributed by atoms with Crippen LogP contribution in [-0.2, 0) is 11.3 Å². The SMILES string of the molecule is O=C(NCc1ccc(O)c2ccccc12)OCC1c2ccccc2-c2ccccc21. The molecule has 0 saturated heterocycles. The number of amides is 1. The highest BCUT2D eigenvalue weighted by atomic mass is 16.5. The van der Waals surface area contributed by atoms with Gasteiger partial charge in [-0.3, -0.25) is 0 Å². The van der Waals surface area contributed by atoms with Crippen molar-refractivity contribution in [2.24, 2.45) is 0 Å². The smallest absolute Gasteiger partial charge is 0.407 e. The topological polar surface area (TPSA) is 58.6 Å². The predicted octanol–water partition coefficient (Wildman–Crippen LogP) is 5.58. The highest BCUT2D eigenvalue weighted by Crippen LogP contribution is 2.44. The van der Waals surface area contributed by atoms with Crippen molar-refractivity contribution in [2.45, 2.75) is 12.5 Å². The molecule has 4 aromatic rings. The molecular formula is C26H21NO3. The van der Waals surface area contributed by atoms with E-state index in [1.165, 1.54) is 22.3 Å². The van der Waals surface area contributed by atoms with Gasteiger partial charge in [-0.2, -0.15) is 0 Å². The largest absolute Gasteiger partial charge is 0.507 e. The summed E-state index contributed by atoms with van der Waals surface area (Å²) in [6, 6.07) is 27.6. The maximum atomic E-state index is 12.4. The monoisotopic (exact) mass is 395 g/mol. The molecule has 1 aliphatic rings. The van der Waals surface area contributed by atoms with Gasteiger partial charge in [-0.15, -0.1) is 0 Å². The molecule has 0 unspecified atom stereocenters. The minimum atomic E-state index is -0.450. The third-order valence-corrected chi connectivity index (χ3v) is 5.76. The molecule has 0 saturated carbocycles. The van der Waals surface area contributed by atoms with Crippen LogP contribution < -0.4 is 5.32 Å². The minimum Gasteiger partial charge on any atom is -0.507 e. The zero-order valence-corrected chi connectivity index (χ0v) is 16.3. The van der Waals surface area contributed by atoms with E-state index in [-0.39, 0.29) is 18.3 Å². The molecular weight excluding hydrogens is 374 g/mol. The fourth-order valence-electron chi connectivity index (χ4n) is 4.32. The number of aromatic hydroxyl groups is 1. The van der Waals surface area contributed by atoms with Crippen LogP contribution in [0.15, 0.2) is 84.9 Å². The normalized spacial score (nSPS) is 12.4. The van der Waals surface area contributed by atoms with Crippen LogP contribution in [0.2, 0.25) is 0 Å². The average Bonchev–Trinajstić information content (AvgIpc) is 3.11. The molecule has 1 amide bonds. The Kier molecular flexibility index (Phi) is 4.60. The number of fused-ring (bicyclic) bond motifs is 4. The lowest BCUT2D eigenvalue weighted by molar-refractivity contribution is 0.142. The first-order valence-corrected chi connectivity index (χ1v) is 10.0. The number of nitrogens with one attached hydrogen (secondary N) is 1. The summed E-state index contributed by atoms with van der Waals surface area (Å²) in [5.74, 6) is 0.271. The van der Waals surface area contributed by atoms with Crippen LogP contribution in [0.3, 0.4) is 0 Å². The van der Waals surface area contributed by atoms with Gasteiger partial charge in [0.2, 0.25) is 0 Å². The summed E-state index contributed by atoms with van der Waals surface area (Å²) in [5, 5.41) is 14.5. The maximum absolute atomic E-state index is 12.4. The van der Waals surface area contributed by atoms with Crippen LogP contribution in [0, 0.1) is 0 Å². The first-order valence-electron chi connectivity index (χ1n) is 10.0. The molecule has 0 aromatic heterocycles. The van der Waals surface area contributed by atoms with E-state index in [0.717, 1.165) is 16.3 Å². The van der Waals surface area contributed by atoms with Crippen LogP contribution in [0.1, 0.15) is 22.6 Å². The molecule has 0 spiro atoms. The Morgan fingerprint density at radius 1 is 0.800 bits per heavy atom. The van der Waals surface area contributed by atoms with E-state index in [0.29, 0.717) is 6.54 Å². The molecule has 2 N–H and O–H groups in total. The number of rotatable bonds is 4. The highest BCUT2D eigenvalue weighted by Gasteiger charge is 2.28. The van der Waals surface area contributed by atoms with E-state index in [2.05, 4.69) is 29.6 Å². The molecule has 0 radical (unpaired) electrons. The van der Waals surface area contributed by atoms with Gasteiger partial charge in [-0.1, -0.05) is 78.9 Å². The summed E-state index contributed by atoms with van der Waals surface area (Å²) in [4.78, 5) is 12.4. The van der Waals surface area contributed by atoms with Crippen molar-refractivity contribution in [1.29, 1.82) is 0 Å². The van der Waals surface area contributed by atoms with Crippen molar-refractivity contribution in [3.05, 3.63) is 102 Å². The second-order valence-electron chi connectivity index (χ2n) is 7.47. The molecule has 0 fully saturated rings. The van der Waals surface area contributed by atoms with E-state index in [1.807, 2.05) is 54.6 Å². The number of hydrogen-bond donors (Lipinski definition) is 2. The number of carbonyl (C=O) groups is 1. The molecule has 30 heavy (non-hydrogen) atoms. The lowest BCUT2D eigenvalue weighted by Gasteiger charge is -2.15. The second-order valence-corrected chi connectivity index (χ2v) is 7.47. The van der Waals surface area contributed by atoms with Gasteiger partial charge in [-0.25, -0.2) is 4.79 Å². The standard InChI is InChI=1S/C26H21NO3/c28-25-14-13-17(18-7-1-6-12-23(18)25)15-27-26(29)30-16-24-21-10-4-2-8-19(21)20-9-3-5-11-22(20)24/h1-14,24,28H,15-16H2,(H,27,29). The first kappa shape index (κ1) is 18.3. The van der Waals surface area contributed by atoms with Gasteiger partial charge in [0.15, 0.2) is 0 Å². The van der Waals surface area contributed by atoms with Gasteiger partial charge in [-0.05, 0) is 39.3 Å². The third-order valence-electron chi connectivity index (χ3n) is 5.76. The zero-order valence-electron chi connectivity index (χ0n) is 16.3. The summed E-state index contributed by atoms with van der Waals surface area (Å²) in [6.07, 6.45) is -0.450. The van der Waals surface area contributed by atoms with E-state index in [1.54, 1.807) is 6.07 Å². The summed E-state index contributed by atoms with van der Waals surface area (Å²) in [6.45, 7) is 0.619. The van der Waals surface area contributed by atoms with Crippen molar-refractivity contribution < 1.29 is 14.6 Å². The van der Waals surface area contributed by atoms with Gasteiger partial charge in [0.25, 0.3) is 0 Å².